The fourth-order valence-corrected chi connectivity index (χ4v) is 4.63. The normalized spacial score (nSPS) is 25.4. The Balaban J connectivity index is 2.02. The van der Waals surface area contributed by atoms with E-state index in [-0.39, 0.29) is 6.04 Å². The van der Waals surface area contributed by atoms with E-state index >= 15 is 0 Å². The molecule has 7 heteroatoms. The molecule has 0 amide bonds. The van der Waals surface area contributed by atoms with Gasteiger partial charge < -0.3 is 10.1 Å². The van der Waals surface area contributed by atoms with Crippen molar-refractivity contribution < 1.29 is 13.2 Å². The van der Waals surface area contributed by atoms with Crippen molar-refractivity contribution in [3.63, 3.8) is 0 Å². The van der Waals surface area contributed by atoms with Crippen LogP contribution in [0.3, 0.4) is 0 Å². The van der Waals surface area contributed by atoms with Crippen LogP contribution in [0.2, 0.25) is 0 Å². The molecule has 2 aliphatic rings. The Labute approximate surface area is 122 Å². The van der Waals surface area contributed by atoms with Gasteiger partial charge in [-0.15, -0.1) is 0 Å². The molecule has 1 unspecified atom stereocenters. The lowest BCUT2D eigenvalue weighted by Crippen LogP contribution is -2.50. The zero-order valence-electron chi connectivity index (χ0n) is 12.4. The number of nitrogens with one attached hydrogen (secondary N) is 1. The maximum atomic E-state index is 12.7. The first-order valence-corrected chi connectivity index (χ1v) is 9.02. The zero-order valence-corrected chi connectivity index (χ0v) is 13.2. The van der Waals surface area contributed by atoms with Crippen LogP contribution in [-0.4, -0.2) is 69.5 Å². The minimum Gasteiger partial charge on any atom is -0.383 e. The van der Waals surface area contributed by atoms with E-state index in [1.54, 1.807) is 15.7 Å². The van der Waals surface area contributed by atoms with Crippen LogP contribution >= 0.6 is 0 Å². The van der Waals surface area contributed by atoms with Gasteiger partial charge in [0.25, 0.3) is 10.2 Å². The molecule has 118 valence electrons. The van der Waals surface area contributed by atoms with Gasteiger partial charge in [0.05, 0.1) is 6.61 Å². The molecular weight excluding hydrogens is 278 g/mol. The zero-order chi connectivity index (χ0) is 14.4. The average Bonchev–Trinajstić information content (AvgIpc) is 2.97. The number of nitrogens with zero attached hydrogens (tertiary/aromatic N) is 2. The van der Waals surface area contributed by atoms with Crippen molar-refractivity contribution in [3.8, 4) is 0 Å². The van der Waals surface area contributed by atoms with E-state index in [0.717, 1.165) is 38.6 Å². The summed E-state index contributed by atoms with van der Waals surface area (Å²) in [4.78, 5) is 0. The fraction of sp³-hybridized carbons (Fsp3) is 1.00. The van der Waals surface area contributed by atoms with Gasteiger partial charge >= 0.3 is 0 Å². The summed E-state index contributed by atoms with van der Waals surface area (Å²) in [5.74, 6) is 0. The molecule has 0 aromatic rings. The number of methoxy groups -OCH3 is 1. The quantitative estimate of drug-likeness (QED) is 0.740. The SMILES string of the molecule is COCCN(CC1CCCN1)S(=O)(=O)N1CCCCC1. The molecule has 2 aliphatic heterocycles. The van der Waals surface area contributed by atoms with Gasteiger partial charge in [-0.1, -0.05) is 6.42 Å². The highest BCUT2D eigenvalue weighted by Crippen LogP contribution is 2.18. The van der Waals surface area contributed by atoms with Crippen molar-refractivity contribution in [2.45, 2.75) is 38.1 Å². The lowest BCUT2D eigenvalue weighted by molar-refractivity contribution is 0.171. The summed E-state index contributed by atoms with van der Waals surface area (Å²) in [6.45, 7) is 3.75. The van der Waals surface area contributed by atoms with E-state index < -0.39 is 10.2 Å². The molecule has 0 aromatic carbocycles. The van der Waals surface area contributed by atoms with Crippen molar-refractivity contribution in [2.75, 3.05) is 46.4 Å². The van der Waals surface area contributed by atoms with Gasteiger partial charge in [0, 0.05) is 39.3 Å². The Morgan fingerprint density at radius 1 is 1.25 bits per heavy atom. The number of ether oxygens (including phenoxy) is 1. The lowest BCUT2D eigenvalue weighted by atomic mass is 10.2. The third-order valence-corrected chi connectivity index (χ3v) is 6.10. The van der Waals surface area contributed by atoms with Crippen LogP contribution in [-0.2, 0) is 14.9 Å². The fourth-order valence-electron chi connectivity index (χ4n) is 2.91. The lowest BCUT2D eigenvalue weighted by Gasteiger charge is -2.33. The van der Waals surface area contributed by atoms with E-state index in [0.29, 0.717) is 32.8 Å². The van der Waals surface area contributed by atoms with Crippen LogP contribution in [0.1, 0.15) is 32.1 Å². The van der Waals surface area contributed by atoms with Gasteiger partial charge in [-0.05, 0) is 32.2 Å². The molecule has 1 N–H and O–H groups in total. The maximum absolute atomic E-state index is 12.7. The monoisotopic (exact) mass is 305 g/mol. The highest BCUT2D eigenvalue weighted by Gasteiger charge is 2.32. The van der Waals surface area contributed by atoms with Crippen LogP contribution in [0.5, 0.6) is 0 Å². The first kappa shape index (κ1) is 16.2. The Kier molecular flexibility index (Phi) is 6.22. The third kappa shape index (κ3) is 4.14. The Bertz CT molecular complexity index is 376. The maximum Gasteiger partial charge on any atom is 0.282 e. The predicted octanol–water partition coefficient (Wildman–Crippen LogP) is 0.418. The van der Waals surface area contributed by atoms with Gasteiger partial charge in [-0.25, -0.2) is 0 Å². The Hall–Kier alpha value is -0.210. The summed E-state index contributed by atoms with van der Waals surface area (Å²) in [5.41, 5.74) is 0. The first-order valence-electron chi connectivity index (χ1n) is 7.62. The molecule has 0 spiro atoms. The minimum absolute atomic E-state index is 0.284. The summed E-state index contributed by atoms with van der Waals surface area (Å²) in [6.07, 6.45) is 5.26. The van der Waals surface area contributed by atoms with Crippen molar-refractivity contribution in [1.29, 1.82) is 0 Å². The molecular formula is C13H27N3O3S. The number of rotatable bonds is 7. The van der Waals surface area contributed by atoms with Gasteiger partial charge in [0.15, 0.2) is 0 Å². The summed E-state index contributed by atoms with van der Waals surface area (Å²) in [7, 11) is -1.73. The van der Waals surface area contributed by atoms with Crippen LogP contribution < -0.4 is 5.32 Å². The van der Waals surface area contributed by atoms with Crippen LogP contribution in [0.15, 0.2) is 0 Å². The van der Waals surface area contributed by atoms with Crippen LogP contribution in [0.4, 0.5) is 0 Å². The molecule has 2 rings (SSSR count). The van der Waals surface area contributed by atoms with Crippen molar-refractivity contribution in [2.24, 2.45) is 0 Å². The van der Waals surface area contributed by atoms with Crippen molar-refractivity contribution >= 4 is 10.2 Å². The predicted molar refractivity (Wildman–Crippen MR) is 78.8 cm³/mol. The Morgan fingerprint density at radius 3 is 2.60 bits per heavy atom. The number of hydrogen-bond donors (Lipinski definition) is 1. The largest absolute Gasteiger partial charge is 0.383 e. The van der Waals surface area contributed by atoms with Gasteiger partial charge in [0.1, 0.15) is 0 Å². The van der Waals surface area contributed by atoms with E-state index in [9.17, 15) is 8.42 Å². The topological polar surface area (TPSA) is 61.9 Å². The number of piperidine rings is 1. The summed E-state index contributed by atoms with van der Waals surface area (Å²) in [5, 5.41) is 3.37. The summed E-state index contributed by atoms with van der Waals surface area (Å²) >= 11 is 0. The second-order valence-corrected chi connectivity index (χ2v) is 7.54. The van der Waals surface area contributed by atoms with E-state index in [4.69, 9.17) is 4.74 Å². The molecule has 0 saturated carbocycles. The second kappa shape index (κ2) is 7.70. The molecule has 20 heavy (non-hydrogen) atoms. The molecule has 2 fully saturated rings. The first-order chi connectivity index (χ1) is 9.64. The molecule has 0 bridgehead atoms. The van der Waals surface area contributed by atoms with E-state index in [2.05, 4.69) is 5.32 Å². The van der Waals surface area contributed by atoms with Crippen LogP contribution in [0.25, 0.3) is 0 Å². The Morgan fingerprint density at radius 2 is 2.00 bits per heavy atom. The molecule has 0 aromatic heterocycles. The molecule has 0 aliphatic carbocycles. The summed E-state index contributed by atoms with van der Waals surface area (Å²) < 4.78 is 33.8. The average molecular weight is 305 g/mol. The van der Waals surface area contributed by atoms with Crippen molar-refractivity contribution in [3.05, 3.63) is 0 Å². The highest BCUT2D eigenvalue weighted by molar-refractivity contribution is 7.86. The van der Waals surface area contributed by atoms with Gasteiger partial charge in [-0.3, -0.25) is 0 Å². The molecule has 0 radical (unpaired) electrons. The molecule has 6 nitrogen and oxygen atoms in total. The molecule has 2 heterocycles. The number of hydrogen-bond acceptors (Lipinski definition) is 4. The molecule has 1 atom stereocenters. The van der Waals surface area contributed by atoms with Gasteiger partial charge in [0.2, 0.25) is 0 Å². The van der Waals surface area contributed by atoms with Crippen LogP contribution in [0, 0.1) is 0 Å². The minimum atomic E-state index is -3.34. The van der Waals surface area contributed by atoms with E-state index in [1.165, 1.54) is 0 Å². The highest BCUT2D eigenvalue weighted by atomic mass is 32.2. The van der Waals surface area contributed by atoms with Gasteiger partial charge in [-0.2, -0.15) is 17.0 Å². The second-order valence-electron chi connectivity index (χ2n) is 5.61. The van der Waals surface area contributed by atoms with Crippen molar-refractivity contribution in [1.82, 2.24) is 13.9 Å². The smallest absolute Gasteiger partial charge is 0.282 e. The summed E-state index contributed by atoms with van der Waals surface area (Å²) in [6, 6.07) is 0.284. The standard InChI is InChI=1S/C13H27N3O3S/c1-19-11-10-16(12-13-6-5-7-14-13)20(17,18)15-8-3-2-4-9-15/h13-14H,2-12H2,1H3. The third-order valence-electron chi connectivity index (χ3n) is 4.10. The van der Waals surface area contributed by atoms with E-state index in [1.807, 2.05) is 0 Å². The molecule has 2 saturated heterocycles.